The van der Waals surface area contributed by atoms with E-state index in [1.807, 2.05) is 12.1 Å². The predicted octanol–water partition coefficient (Wildman–Crippen LogP) is 2.47. The first-order chi connectivity index (χ1) is 12.1. The third-order valence-corrected chi connectivity index (χ3v) is 4.11. The molecule has 0 aliphatic heterocycles. The molecular weight excluding hydrogens is 386 g/mol. The van der Waals surface area contributed by atoms with Crippen LogP contribution in [0.15, 0.2) is 58.1 Å². The lowest BCUT2D eigenvalue weighted by atomic mass is 10.2. The average Bonchev–Trinajstić information content (AvgIpc) is 2.63. The zero-order valence-electron chi connectivity index (χ0n) is 13.1. The molecule has 0 fully saturated rings. The summed E-state index contributed by atoms with van der Waals surface area (Å²) in [6, 6.07) is 13.9. The molecule has 0 aliphatic carbocycles. The van der Waals surface area contributed by atoms with Crippen LogP contribution < -0.4 is 10.3 Å². The summed E-state index contributed by atoms with van der Waals surface area (Å²) in [5, 5.41) is 19.4. The largest absolute Gasteiger partial charge is 0.491 e. The predicted molar refractivity (Wildman–Crippen MR) is 96.4 cm³/mol. The van der Waals surface area contributed by atoms with Gasteiger partial charge in [0.1, 0.15) is 18.5 Å². The maximum atomic E-state index is 12.5. The van der Waals surface area contributed by atoms with E-state index in [0.717, 1.165) is 4.47 Å². The van der Waals surface area contributed by atoms with E-state index < -0.39 is 6.10 Å². The number of aromatic nitrogens is 2. The highest BCUT2D eigenvalue weighted by Gasteiger charge is 2.10. The van der Waals surface area contributed by atoms with Gasteiger partial charge >= 0.3 is 0 Å². The average molecular weight is 400 g/mol. The zero-order valence-corrected chi connectivity index (χ0v) is 14.7. The Morgan fingerprint density at radius 1 is 1.28 bits per heavy atom. The number of aliphatic hydroxyl groups is 1. The van der Waals surface area contributed by atoms with Crippen LogP contribution in [0.4, 0.5) is 0 Å². The van der Waals surface area contributed by atoms with Gasteiger partial charge in [0.2, 0.25) is 0 Å². The number of fused-ring (bicyclic) bond motifs is 1. The smallest absolute Gasteiger partial charge is 0.261 e. The fourth-order valence-electron chi connectivity index (χ4n) is 2.36. The van der Waals surface area contributed by atoms with Crippen LogP contribution in [-0.4, -0.2) is 27.4 Å². The molecule has 7 heteroatoms. The Balaban J connectivity index is 1.69. The van der Waals surface area contributed by atoms with E-state index in [9.17, 15) is 9.90 Å². The van der Waals surface area contributed by atoms with E-state index in [1.54, 1.807) is 36.4 Å². The van der Waals surface area contributed by atoms with Crippen molar-refractivity contribution < 1.29 is 9.84 Å². The number of benzene rings is 2. The second kappa shape index (κ2) is 7.47. The van der Waals surface area contributed by atoms with Gasteiger partial charge in [0.25, 0.3) is 5.56 Å². The van der Waals surface area contributed by atoms with E-state index in [1.165, 1.54) is 10.9 Å². The van der Waals surface area contributed by atoms with Crippen molar-refractivity contribution in [3.05, 3.63) is 69.2 Å². The van der Waals surface area contributed by atoms with E-state index in [0.29, 0.717) is 22.2 Å². The monoisotopic (exact) mass is 399 g/mol. The van der Waals surface area contributed by atoms with Gasteiger partial charge in [-0.2, -0.15) is 5.26 Å². The maximum absolute atomic E-state index is 12.5. The molecule has 0 amide bonds. The number of nitriles is 1. The van der Waals surface area contributed by atoms with Crippen LogP contribution in [0.5, 0.6) is 5.75 Å². The van der Waals surface area contributed by atoms with Crippen molar-refractivity contribution >= 4 is 26.8 Å². The van der Waals surface area contributed by atoms with Gasteiger partial charge in [0.15, 0.2) is 0 Å². The number of hydrogen-bond acceptors (Lipinski definition) is 5. The summed E-state index contributed by atoms with van der Waals surface area (Å²) in [5.74, 6) is 0.547. The lowest BCUT2D eigenvalue weighted by Gasteiger charge is -2.14. The molecule has 3 aromatic rings. The van der Waals surface area contributed by atoms with Gasteiger partial charge in [-0.25, -0.2) is 4.98 Å². The van der Waals surface area contributed by atoms with Crippen LogP contribution >= 0.6 is 15.9 Å². The first-order valence-corrected chi connectivity index (χ1v) is 8.32. The minimum Gasteiger partial charge on any atom is -0.491 e. The maximum Gasteiger partial charge on any atom is 0.261 e. The van der Waals surface area contributed by atoms with Crippen molar-refractivity contribution in [3.63, 3.8) is 0 Å². The molecule has 1 N–H and O–H groups in total. The third kappa shape index (κ3) is 4.05. The summed E-state index contributed by atoms with van der Waals surface area (Å²) in [6.45, 7) is 0.0967. The molecule has 1 aromatic heterocycles. The SMILES string of the molecule is N#Cc1ccc(OCC(O)Cn2cnc3ccc(Br)cc3c2=O)cc1. The molecule has 25 heavy (non-hydrogen) atoms. The molecule has 0 radical (unpaired) electrons. The fraction of sp³-hybridized carbons (Fsp3) is 0.167. The van der Waals surface area contributed by atoms with E-state index in [2.05, 4.69) is 20.9 Å². The lowest BCUT2D eigenvalue weighted by molar-refractivity contribution is 0.0915. The summed E-state index contributed by atoms with van der Waals surface area (Å²) in [4.78, 5) is 16.7. The quantitative estimate of drug-likeness (QED) is 0.711. The third-order valence-electron chi connectivity index (χ3n) is 3.62. The lowest BCUT2D eigenvalue weighted by Crippen LogP contribution is -2.30. The van der Waals surface area contributed by atoms with Crippen LogP contribution in [-0.2, 0) is 6.54 Å². The minimum absolute atomic E-state index is 0.0227. The summed E-state index contributed by atoms with van der Waals surface area (Å²) >= 11 is 3.34. The fourth-order valence-corrected chi connectivity index (χ4v) is 2.72. The molecule has 0 spiro atoms. The normalized spacial score (nSPS) is 11.9. The second-order valence-corrected chi connectivity index (χ2v) is 6.38. The molecule has 3 rings (SSSR count). The molecule has 0 saturated carbocycles. The van der Waals surface area contributed by atoms with E-state index in [4.69, 9.17) is 10.00 Å². The van der Waals surface area contributed by atoms with Crippen LogP contribution in [0.2, 0.25) is 0 Å². The van der Waals surface area contributed by atoms with Gasteiger partial charge in [-0.1, -0.05) is 15.9 Å². The molecule has 6 nitrogen and oxygen atoms in total. The van der Waals surface area contributed by atoms with Crippen molar-refractivity contribution in [1.82, 2.24) is 9.55 Å². The van der Waals surface area contributed by atoms with Gasteiger partial charge in [-0.3, -0.25) is 9.36 Å². The molecule has 0 saturated heterocycles. The molecule has 1 heterocycles. The van der Waals surface area contributed by atoms with Gasteiger partial charge in [0, 0.05) is 4.47 Å². The highest BCUT2D eigenvalue weighted by atomic mass is 79.9. The van der Waals surface area contributed by atoms with Crippen LogP contribution in [0.1, 0.15) is 5.56 Å². The van der Waals surface area contributed by atoms with Gasteiger partial charge in [-0.15, -0.1) is 0 Å². The Kier molecular flexibility index (Phi) is 5.12. The van der Waals surface area contributed by atoms with Gasteiger partial charge < -0.3 is 9.84 Å². The Labute approximate surface area is 152 Å². The highest BCUT2D eigenvalue weighted by Crippen LogP contribution is 2.15. The summed E-state index contributed by atoms with van der Waals surface area (Å²) < 4.78 is 7.64. The number of aliphatic hydroxyl groups excluding tert-OH is 1. The number of rotatable bonds is 5. The Bertz CT molecular complexity index is 993. The summed E-state index contributed by atoms with van der Waals surface area (Å²) in [6.07, 6.45) is 0.545. The number of nitrogens with zero attached hydrogens (tertiary/aromatic N) is 3. The topological polar surface area (TPSA) is 88.1 Å². The van der Waals surface area contributed by atoms with Crippen molar-refractivity contribution in [1.29, 1.82) is 5.26 Å². The second-order valence-electron chi connectivity index (χ2n) is 5.46. The van der Waals surface area contributed by atoms with Gasteiger partial charge in [-0.05, 0) is 42.5 Å². The highest BCUT2D eigenvalue weighted by molar-refractivity contribution is 9.10. The number of hydrogen-bond donors (Lipinski definition) is 1. The van der Waals surface area contributed by atoms with Crippen molar-refractivity contribution in [2.75, 3.05) is 6.61 Å². The molecular formula is C18H14BrN3O3. The van der Waals surface area contributed by atoms with Crippen molar-refractivity contribution in [2.24, 2.45) is 0 Å². The molecule has 126 valence electrons. The Hall–Kier alpha value is -2.69. The molecule has 0 bridgehead atoms. The minimum atomic E-state index is -0.875. The number of ether oxygens (including phenoxy) is 1. The first-order valence-electron chi connectivity index (χ1n) is 7.52. The van der Waals surface area contributed by atoms with Crippen molar-refractivity contribution in [2.45, 2.75) is 12.6 Å². The van der Waals surface area contributed by atoms with E-state index in [-0.39, 0.29) is 18.7 Å². The van der Waals surface area contributed by atoms with Crippen LogP contribution in [0.25, 0.3) is 10.9 Å². The summed E-state index contributed by atoms with van der Waals surface area (Å²) in [7, 11) is 0. The van der Waals surface area contributed by atoms with Crippen LogP contribution in [0.3, 0.4) is 0 Å². The summed E-state index contributed by atoms with van der Waals surface area (Å²) in [5.41, 5.74) is 0.921. The zero-order chi connectivity index (χ0) is 17.8. The Morgan fingerprint density at radius 3 is 2.76 bits per heavy atom. The number of halogens is 1. The molecule has 0 aliphatic rings. The van der Waals surface area contributed by atoms with Gasteiger partial charge in [0.05, 0.1) is 35.4 Å². The first kappa shape index (κ1) is 17.1. The van der Waals surface area contributed by atoms with Crippen molar-refractivity contribution in [3.8, 4) is 11.8 Å². The Morgan fingerprint density at radius 2 is 2.04 bits per heavy atom. The molecule has 2 aromatic carbocycles. The molecule has 1 unspecified atom stereocenters. The molecule has 1 atom stereocenters. The van der Waals surface area contributed by atoms with Crippen LogP contribution in [0, 0.1) is 11.3 Å². The van der Waals surface area contributed by atoms with E-state index >= 15 is 0 Å². The standard InChI is InChI=1S/C18H14BrN3O3/c19-13-3-6-17-16(7-13)18(24)22(11-21-17)9-14(23)10-25-15-4-1-12(8-20)2-5-15/h1-7,11,14,23H,9-10H2.